The van der Waals surface area contributed by atoms with Gasteiger partial charge >= 0.3 is 23.9 Å². The zero-order valence-electron chi connectivity index (χ0n) is 19.7. The fourth-order valence-electron chi connectivity index (χ4n) is 3.44. The monoisotopic (exact) mass is 484 g/mol. The molecular formula is C21H30N3O10+. The maximum Gasteiger partial charge on any atom is 0.305 e. The predicted molar refractivity (Wildman–Crippen MR) is 110 cm³/mol. The Kier molecular flexibility index (Phi) is 9.54. The van der Waals surface area contributed by atoms with Crippen LogP contribution >= 0.6 is 0 Å². The smallest absolute Gasteiger partial charge is 0.305 e. The molecule has 2 rings (SSSR count). The minimum absolute atomic E-state index is 0.0415. The number of nitrogens with zero attached hydrogens (tertiary/aromatic N) is 2. The molecule has 1 saturated heterocycles. The van der Waals surface area contributed by atoms with E-state index in [4.69, 9.17) is 23.7 Å². The van der Waals surface area contributed by atoms with E-state index in [1.54, 1.807) is 17.1 Å². The van der Waals surface area contributed by atoms with Crippen LogP contribution in [0.2, 0.25) is 0 Å². The number of nitrogens with one attached hydrogen (secondary N) is 1. The van der Waals surface area contributed by atoms with Crippen LogP contribution in [0.5, 0.6) is 0 Å². The molecule has 0 aliphatic carbocycles. The van der Waals surface area contributed by atoms with Gasteiger partial charge in [0.15, 0.2) is 12.2 Å². The number of carbonyl (C=O) groups excluding carboxylic acids is 5. The highest BCUT2D eigenvalue weighted by Gasteiger charge is 2.52. The Labute approximate surface area is 196 Å². The topological polar surface area (TPSA) is 152 Å². The molecule has 188 valence electrons. The summed E-state index contributed by atoms with van der Waals surface area (Å²) in [5, 5.41) is 2.66. The van der Waals surface area contributed by atoms with Gasteiger partial charge in [0.25, 0.3) is 0 Å². The molecule has 1 N–H and O–H groups in total. The molecule has 5 atom stereocenters. The van der Waals surface area contributed by atoms with Gasteiger partial charge in [-0.25, -0.2) is 9.13 Å². The Bertz CT molecular complexity index is 914. The van der Waals surface area contributed by atoms with Crippen LogP contribution in [0.4, 0.5) is 0 Å². The van der Waals surface area contributed by atoms with Crippen molar-refractivity contribution >= 4 is 29.8 Å². The Morgan fingerprint density at radius 3 is 2.09 bits per heavy atom. The fourth-order valence-corrected chi connectivity index (χ4v) is 3.44. The minimum atomic E-state index is -1.41. The molecule has 1 aromatic rings. The van der Waals surface area contributed by atoms with E-state index < -0.39 is 60.4 Å². The van der Waals surface area contributed by atoms with E-state index in [0.717, 1.165) is 20.8 Å². The molecule has 34 heavy (non-hydrogen) atoms. The standard InChI is InChI=1S/C21H29N3O10/c1-12(25)30-10-16-19(31-13(2)26)20(32-14(3)27)18(21(34-16)33-15(4)28)22-17(29)6-7-24-9-8-23(5)11-24/h8-9,11,16,18-21H,6-7,10H2,1-5H3/p+1/t16-,18+,19-,20-,21?/m1/s1. The third-order valence-corrected chi connectivity index (χ3v) is 4.73. The van der Waals surface area contributed by atoms with E-state index in [9.17, 15) is 24.0 Å². The van der Waals surface area contributed by atoms with E-state index in [2.05, 4.69) is 5.32 Å². The molecule has 1 unspecified atom stereocenters. The van der Waals surface area contributed by atoms with Gasteiger partial charge in [0.2, 0.25) is 18.5 Å². The maximum absolute atomic E-state index is 12.7. The molecule has 1 aliphatic heterocycles. The SMILES string of the molecule is CC(=O)OC[C@H]1OC(OC(C)=O)[C@@H](NC(=O)CCn2cc[n+](C)c2)[C@@H](OC(C)=O)[C@@H]1OC(C)=O. The zero-order chi connectivity index (χ0) is 25.4. The van der Waals surface area contributed by atoms with Gasteiger partial charge in [0, 0.05) is 27.7 Å². The Hall–Kier alpha value is -3.48. The highest BCUT2D eigenvalue weighted by atomic mass is 16.7. The lowest BCUT2D eigenvalue weighted by Gasteiger charge is -2.44. The number of aromatic nitrogens is 2. The van der Waals surface area contributed by atoms with Gasteiger partial charge in [0.1, 0.15) is 31.1 Å². The van der Waals surface area contributed by atoms with Crippen molar-refractivity contribution < 1.29 is 52.2 Å². The summed E-state index contributed by atoms with van der Waals surface area (Å²) in [7, 11) is 1.84. The van der Waals surface area contributed by atoms with Crippen molar-refractivity contribution in [1.82, 2.24) is 9.88 Å². The maximum atomic E-state index is 12.7. The molecule has 0 bridgehead atoms. The summed E-state index contributed by atoms with van der Waals surface area (Å²) in [6.45, 7) is 4.54. The second-order valence-electron chi connectivity index (χ2n) is 7.76. The lowest BCUT2D eigenvalue weighted by Crippen LogP contribution is -2.67. The number of hydrogen-bond acceptors (Lipinski definition) is 10. The van der Waals surface area contributed by atoms with Crippen molar-refractivity contribution in [2.24, 2.45) is 7.05 Å². The van der Waals surface area contributed by atoms with Crippen LogP contribution in [-0.2, 0) is 61.2 Å². The first kappa shape index (κ1) is 26.8. The molecule has 0 radical (unpaired) electrons. The van der Waals surface area contributed by atoms with Crippen molar-refractivity contribution in [3.05, 3.63) is 18.7 Å². The number of ether oxygens (including phenoxy) is 5. The van der Waals surface area contributed by atoms with Crippen LogP contribution in [0.25, 0.3) is 0 Å². The number of aryl methyl sites for hydroxylation is 2. The number of hydrogen-bond donors (Lipinski definition) is 1. The lowest BCUT2D eigenvalue weighted by molar-refractivity contribution is -0.671. The van der Waals surface area contributed by atoms with Gasteiger partial charge in [0.05, 0.1) is 20.0 Å². The third kappa shape index (κ3) is 8.14. The summed E-state index contributed by atoms with van der Waals surface area (Å²) in [6.07, 6.45) is 0.312. The zero-order valence-corrected chi connectivity index (χ0v) is 19.7. The number of esters is 4. The van der Waals surface area contributed by atoms with Gasteiger partial charge in [-0.05, 0) is 0 Å². The first-order valence-corrected chi connectivity index (χ1v) is 10.6. The molecule has 0 aromatic carbocycles. The van der Waals surface area contributed by atoms with Gasteiger partial charge < -0.3 is 29.0 Å². The molecule has 0 spiro atoms. The molecule has 1 aliphatic rings. The molecule has 13 heteroatoms. The van der Waals surface area contributed by atoms with Crippen LogP contribution in [0.15, 0.2) is 18.7 Å². The summed E-state index contributed by atoms with van der Waals surface area (Å²) in [5.74, 6) is -3.29. The van der Waals surface area contributed by atoms with Crippen LogP contribution < -0.4 is 9.88 Å². The Morgan fingerprint density at radius 1 is 0.941 bits per heavy atom. The summed E-state index contributed by atoms with van der Waals surface area (Å²) in [5.41, 5.74) is 0. The van der Waals surface area contributed by atoms with E-state index in [0.29, 0.717) is 6.54 Å². The number of imidazole rings is 1. The second-order valence-corrected chi connectivity index (χ2v) is 7.76. The van der Waals surface area contributed by atoms with Crippen LogP contribution in [-0.4, -0.2) is 71.6 Å². The summed E-state index contributed by atoms with van der Waals surface area (Å²) >= 11 is 0. The lowest BCUT2D eigenvalue weighted by atomic mass is 9.96. The van der Waals surface area contributed by atoms with Gasteiger partial charge in [-0.15, -0.1) is 0 Å². The normalized spacial score (nSPS) is 24.0. The predicted octanol–water partition coefficient (Wildman–Crippen LogP) is -1.10. The van der Waals surface area contributed by atoms with E-state index in [1.807, 2.05) is 17.8 Å². The van der Waals surface area contributed by atoms with Crippen LogP contribution in [0.1, 0.15) is 34.1 Å². The highest BCUT2D eigenvalue weighted by molar-refractivity contribution is 5.76. The van der Waals surface area contributed by atoms with Crippen molar-refractivity contribution in [3.63, 3.8) is 0 Å². The van der Waals surface area contributed by atoms with Gasteiger partial charge in [-0.3, -0.25) is 24.0 Å². The quantitative estimate of drug-likeness (QED) is 0.260. The number of amides is 1. The molecule has 1 fully saturated rings. The van der Waals surface area contributed by atoms with Crippen molar-refractivity contribution in [2.45, 2.75) is 71.3 Å². The third-order valence-electron chi connectivity index (χ3n) is 4.73. The minimum Gasteiger partial charge on any atom is -0.463 e. The first-order valence-electron chi connectivity index (χ1n) is 10.6. The van der Waals surface area contributed by atoms with Crippen LogP contribution in [0.3, 0.4) is 0 Å². The van der Waals surface area contributed by atoms with E-state index in [1.165, 1.54) is 6.92 Å². The molecule has 2 heterocycles. The molecule has 1 amide bonds. The molecule has 1 aromatic heterocycles. The number of rotatable bonds is 9. The summed E-state index contributed by atoms with van der Waals surface area (Å²) in [6, 6.07) is -1.21. The fraction of sp³-hybridized carbons (Fsp3) is 0.619. The molecular weight excluding hydrogens is 454 g/mol. The van der Waals surface area contributed by atoms with Crippen molar-refractivity contribution in [1.29, 1.82) is 0 Å². The molecule has 0 saturated carbocycles. The summed E-state index contributed by atoms with van der Waals surface area (Å²) < 4.78 is 30.2. The first-order chi connectivity index (χ1) is 16.0. The van der Waals surface area contributed by atoms with Gasteiger partial charge in [-0.1, -0.05) is 0 Å². The van der Waals surface area contributed by atoms with Crippen LogP contribution in [0, 0.1) is 0 Å². The average molecular weight is 484 g/mol. The largest absolute Gasteiger partial charge is 0.463 e. The highest BCUT2D eigenvalue weighted by Crippen LogP contribution is 2.28. The van der Waals surface area contributed by atoms with E-state index in [-0.39, 0.29) is 13.0 Å². The van der Waals surface area contributed by atoms with E-state index >= 15 is 0 Å². The average Bonchev–Trinajstić information content (AvgIpc) is 3.13. The Morgan fingerprint density at radius 2 is 1.56 bits per heavy atom. The van der Waals surface area contributed by atoms with Crippen molar-refractivity contribution in [3.8, 4) is 0 Å². The molecule has 13 nitrogen and oxygen atoms in total. The number of carbonyl (C=O) groups is 5. The summed E-state index contributed by atoms with van der Waals surface area (Å²) in [4.78, 5) is 59.4. The van der Waals surface area contributed by atoms with Gasteiger partial charge in [-0.2, -0.15) is 0 Å². The second kappa shape index (κ2) is 12.1. The van der Waals surface area contributed by atoms with Crippen molar-refractivity contribution in [2.75, 3.05) is 6.61 Å². The Balaban J connectivity index is 2.30.